The summed E-state index contributed by atoms with van der Waals surface area (Å²) in [6, 6.07) is 12.3. The third-order valence-electron chi connectivity index (χ3n) is 9.28. The number of piperidine rings is 1. The molecule has 1 fully saturated rings. The highest BCUT2D eigenvalue weighted by atomic mass is 16.5. The Bertz CT molecular complexity index is 1500. The Morgan fingerprint density at radius 2 is 1.96 bits per heavy atom. The zero-order chi connectivity index (χ0) is 33.3. The standard InChI is InChI=1S/C36H49N5O6/c1-25-36(47-24-37-25)23-46-34-7-5-28-21-40(12-9-27(28)19-34)22-33(43)6-8-35(44)29-17-31(20-32(18-29)39(3)15-16-45-4)38-30-10-13-41(14-11-30)26(2)42/h5,7,17-20,24,30,33,38,43H,6,8-16,21-23H2,1-4H3/t33-/m1/s1. The van der Waals surface area contributed by atoms with E-state index in [1.165, 1.54) is 17.5 Å². The van der Waals surface area contributed by atoms with Crippen molar-refractivity contribution >= 4 is 23.1 Å². The van der Waals surface area contributed by atoms with Crippen molar-refractivity contribution in [3.05, 3.63) is 70.9 Å². The highest BCUT2D eigenvalue weighted by Crippen LogP contribution is 2.27. The highest BCUT2D eigenvalue weighted by Gasteiger charge is 2.23. The van der Waals surface area contributed by atoms with E-state index in [0.717, 1.165) is 74.0 Å². The number of aliphatic hydroxyl groups is 1. The van der Waals surface area contributed by atoms with Gasteiger partial charge in [-0.1, -0.05) is 6.07 Å². The first kappa shape index (κ1) is 34.4. The number of oxazole rings is 1. The average molecular weight is 648 g/mol. The van der Waals surface area contributed by atoms with Crippen LogP contribution in [0.3, 0.4) is 0 Å². The fourth-order valence-electron chi connectivity index (χ4n) is 6.29. The van der Waals surface area contributed by atoms with Gasteiger partial charge in [-0.15, -0.1) is 0 Å². The minimum absolute atomic E-state index is 0.0116. The number of hydrogen-bond acceptors (Lipinski definition) is 10. The molecule has 47 heavy (non-hydrogen) atoms. The first-order valence-corrected chi connectivity index (χ1v) is 16.6. The van der Waals surface area contributed by atoms with E-state index in [1.54, 1.807) is 14.0 Å². The Morgan fingerprint density at radius 3 is 2.68 bits per heavy atom. The second-order valence-corrected chi connectivity index (χ2v) is 12.8. The van der Waals surface area contributed by atoms with Crippen molar-refractivity contribution < 1.29 is 28.6 Å². The summed E-state index contributed by atoms with van der Waals surface area (Å²) < 4.78 is 16.6. The lowest BCUT2D eigenvalue weighted by atomic mass is 9.98. The zero-order valence-corrected chi connectivity index (χ0v) is 28.2. The molecule has 0 aliphatic carbocycles. The van der Waals surface area contributed by atoms with Gasteiger partial charge < -0.3 is 34.1 Å². The normalized spacial score (nSPS) is 16.1. The SMILES string of the molecule is COCCN(C)c1cc(NC2CCN(C(C)=O)CC2)cc(C(=O)CC[C@@H](O)CN2CCc3cc(OCc4ocnc4C)ccc3C2)c1. The molecule has 1 aromatic heterocycles. The van der Waals surface area contributed by atoms with E-state index < -0.39 is 6.10 Å². The molecule has 1 amide bonds. The van der Waals surface area contributed by atoms with Crippen LogP contribution in [0.1, 0.15) is 65.5 Å². The van der Waals surface area contributed by atoms with E-state index in [1.807, 2.05) is 37.1 Å². The van der Waals surface area contributed by atoms with Crippen LogP contribution in [-0.4, -0.2) is 97.2 Å². The monoisotopic (exact) mass is 647 g/mol. The van der Waals surface area contributed by atoms with Gasteiger partial charge in [-0.2, -0.15) is 0 Å². The van der Waals surface area contributed by atoms with Crippen molar-refractivity contribution in [3.63, 3.8) is 0 Å². The third-order valence-corrected chi connectivity index (χ3v) is 9.28. The summed E-state index contributed by atoms with van der Waals surface area (Å²) in [6.45, 7) is 8.68. The lowest BCUT2D eigenvalue weighted by molar-refractivity contribution is -0.129. The molecule has 254 valence electrons. The number of likely N-dealkylation sites (N-methyl/N-ethyl adjacent to an activating group) is 1. The molecule has 1 atom stereocenters. The number of methoxy groups -OCH3 is 1. The average Bonchev–Trinajstić information content (AvgIpc) is 3.49. The molecule has 0 radical (unpaired) electrons. The van der Waals surface area contributed by atoms with Crippen LogP contribution in [0.5, 0.6) is 5.75 Å². The zero-order valence-electron chi connectivity index (χ0n) is 28.2. The van der Waals surface area contributed by atoms with Crippen molar-refractivity contribution in [2.24, 2.45) is 0 Å². The number of amides is 1. The molecule has 0 saturated carbocycles. The number of carbonyl (C=O) groups excluding carboxylic acids is 2. The van der Waals surface area contributed by atoms with Crippen LogP contribution in [0.4, 0.5) is 11.4 Å². The fourth-order valence-corrected chi connectivity index (χ4v) is 6.29. The number of nitrogens with zero attached hydrogens (tertiary/aromatic N) is 4. The number of carbonyl (C=O) groups is 2. The van der Waals surface area contributed by atoms with Gasteiger partial charge in [0.15, 0.2) is 17.9 Å². The first-order chi connectivity index (χ1) is 22.7. The molecule has 5 rings (SSSR count). The number of aryl methyl sites for hydroxylation is 1. The van der Waals surface area contributed by atoms with Gasteiger partial charge in [-0.3, -0.25) is 14.5 Å². The summed E-state index contributed by atoms with van der Waals surface area (Å²) in [7, 11) is 3.67. The number of β-amino-alcohol motifs (C(OH)–C–C–N with tert-alkyl or cyclic N) is 1. The molecule has 2 aromatic carbocycles. The third kappa shape index (κ3) is 9.56. The number of aromatic nitrogens is 1. The number of anilines is 2. The number of rotatable bonds is 15. The van der Waals surface area contributed by atoms with Crippen LogP contribution < -0.4 is 15.0 Å². The van der Waals surface area contributed by atoms with Gasteiger partial charge in [0, 0.05) is 89.8 Å². The Kier molecular flexibility index (Phi) is 11.9. The predicted octanol–water partition coefficient (Wildman–Crippen LogP) is 4.45. The van der Waals surface area contributed by atoms with Gasteiger partial charge in [0.2, 0.25) is 5.91 Å². The Balaban J connectivity index is 1.14. The molecule has 11 heteroatoms. The van der Waals surface area contributed by atoms with Crippen LogP contribution in [-0.2, 0) is 29.1 Å². The largest absolute Gasteiger partial charge is 0.486 e. The van der Waals surface area contributed by atoms with Crippen LogP contribution in [0.2, 0.25) is 0 Å². The number of Topliss-reactive ketones (excluding diaryl/α,β-unsaturated/α-hetero) is 1. The van der Waals surface area contributed by atoms with Crippen molar-refractivity contribution in [1.29, 1.82) is 0 Å². The maximum Gasteiger partial charge on any atom is 0.219 e. The number of hydrogen-bond donors (Lipinski definition) is 2. The van der Waals surface area contributed by atoms with E-state index in [9.17, 15) is 14.7 Å². The summed E-state index contributed by atoms with van der Waals surface area (Å²) in [6.07, 6.45) is 4.07. The summed E-state index contributed by atoms with van der Waals surface area (Å²) in [4.78, 5) is 35.5. The molecule has 3 heterocycles. The number of nitrogens with one attached hydrogen (secondary N) is 1. The Hall–Kier alpha value is -3.93. The van der Waals surface area contributed by atoms with Crippen molar-refractivity contribution in [1.82, 2.24) is 14.8 Å². The van der Waals surface area contributed by atoms with Gasteiger partial charge in [-0.25, -0.2) is 4.98 Å². The van der Waals surface area contributed by atoms with Gasteiger partial charge in [-0.05, 0) is 74.1 Å². The minimum Gasteiger partial charge on any atom is -0.486 e. The van der Waals surface area contributed by atoms with E-state index in [-0.39, 0.29) is 24.2 Å². The number of ether oxygens (including phenoxy) is 2. The maximum absolute atomic E-state index is 13.5. The number of ketones is 1. The maximum atomic E-state index is 13.5. The van der Waals surface area contributed by atoms with E-state index in [0.29, 0.717) is 38.3 Å². The topological polar surface area (TPSA) is 121 Å². The van der Waals surface area contributed by atoms with Gasteiger partial charge in [0.05, 0.1) is 18.4 Å². The Morgan fingerprint density at radius 1 is 1.15 bits per heavy atom. The van der Waals surface area contributed by atoms with E-state index in [4.69, 9.17) is 13.9 Å². The van der Waals surface area contributed by atoms with Gasteiger partial charge in [0.25, 0.3) is 0 Å². The van der Waals surface area contributed by atoms with Gasteiger partial charge in [0.1, 0.15) is 12.4 Å². The molecule has 0 spiro atoms. The fraction of sp³-hybridized carbons (Fsp3) is 0.528. The summed E-state index contributed by atoms with van der Waals surface area (Å²) in [5, 5.41) is 14.6. The summed E-state index contributed by atoms with van der Waals surface area (Å²) in [5.41, 5.74) is 5.77. The molecule has 3 aromatic rings. The first-order valence-electron chi connectivity index (χ1n) is 16.6. The molecule has 2 aliphatic rings. The Labute approximate surface area is 277 Å². The molecular formula is C36H49N5O6. The van der Waals surface area contributed by atoms with Crippen LogP contribution in [0, 0.1) is 6.92 Å². The summed E-state index contributed by atoms with van der Waals surface area (Å²) in [5.74, 6) is 1.65. The molecule has 11 nitrogen and oxygen atoms in total. The lowest BCUT2D eigenvalue weighted by Gasteiger charge is -2.32. The lowest BCUT2D eigenvalue weighted by Crippen LogP contribution is -2.41. The van der Waals surface area contributed by atoms with Crippen LogP contribution >= 0.6 is 0 Å². The second-order valence-electron chi connectivity index (χ2n) is 12.8. The number of likely N-dealkylation sites (tertiary alicyclic amines) is 1. The number of aliphatic hydroxyl groups excluding tert-OH is 1. The predicted molar refractivity (Wildman–Crippen MR) is 181 cm³/mol. The number of fused-ring (bicyclic) bond motifs is 1. The molecule has 0 bridgehead atoms. The van der Waals surface area contributed by atoms with Gasteiger partial charge >= 0.3 is 0 Å². The molecule has 2 N–H and O–H groups in total. The van der Waals surface area contributed by atoms with E-state index >= 15 is 0 Å². The van der Waals surface area contributed by atoms with Crippen molar-refractivity contribution in [2.45, 2.75) is 71.2 Å². The summed E-state index contributed by atoms with van der Waals surface area (Å²) >= 11 is 0. The van der Waals surface area contributed by atoms with Crippen molar-refractivity contribution in [3.8, 4) is 5.75 Å². The minimum atomic E-state index is -0.607. The smallest absolute Gasteiger partial charge is 0.219 e. The molecular weight excluding hydrogens is 598 g/mol. The molecule has 1 saturated heterocycles. The molecule has 2 aliphatic heterocycles. The van der Waals surface area contributed by atoms with Crippen molar-refractivity contribution in [2.75, 3.05) is 63.7 Å². The van der Waals surface area contributed by atoms with E-state index in [2.05, 4.69) is 38.3 Å². The molecule has 0 unspecified atom stereocenters. The second kappa shape index (κ2) is 16.3. The number of benzene rings is 2. The quantitative estimate of drug-likeness (QED) is 0.229. The highest BCUT2D eigenvalue weighted by molar-refractivity contribution is 5.98. The van der Waals surface area contributed by atoms with Crippen LogP contribution in [0.25, 0.3) is 0 Å². The van der Waals surface area contributed by atoms with Crippen LogP contribution in [0.15, 0.2) is 47.2 Å².